The quantitative estimate of drug-likeness (QED) is 0.842. The Morgan fingerprint density at radius 3 is 3.00 bits per heavy atom. The van der Waals surface area contributed by atoms with E-state index in [9.17, 15) is 4.79 Å². The average Bonchev–Trinajstić information content (AvgIpc) is 2.99. The smallest absolute Gasteiger partial charge is 0.265 e. The maximum Gasteiger partial charge on any atom is 0.265 e. The zero-order valence-corrected chi connectivity index (χ0v) is 15.1. The van der Waals surface area contributed by atoms with Gasteiger partial charge >= 0.3 is 0 Å². The molecule has 2 N–H and O–H groups in total. The topological polar surface area (TPSA) is 63.2 Å². The Kier molecular flexibility index (Phi) is 5.16. The summed E-state index contributed by atoms with van der Waals surface area (Å²) in [7, 11) is 0. The molecule has 1 amide bonds. The molecule has 24 heavy (non-hydrogen) atoms. The fraction of sp³-hybridized carbons (Fsp3) is 0.444. The number of ether oxygens (including phenoxy) is 1. The summed E-state index contributed by atoms with van der Waals surface area (Å²) in [6.45, 7) is 6.98. The summed E-state index contributed by atoms with van der Waals surface area (Å²) in [4.78, 5) is 16.3. The number of fused-ring (bicyclic) bond motifs is 1. The van der Waals surface area contributed by atoms with Crippen LogP contribution in [0.4, 0.5) is 5.69 Å². The normalized spacial score (nSPS) is 17.8. The van der Waals surface area contributed by atoms with Gasteiger partial charge in [-0.2, -0.15) is 0 Å². The standard InChI is InChI=1S/C18H23N3O2S/c1-4-16-18(22)21-15-6-5-13(9-17(15)23-16)11(2)19-8-7-14-10-24-12(3)20-14/h5-6,9-11,16,19H,4,7-8H2,1-3H3,(H,21,22)/t11-,16-/m1/s1. The number of hydrogen-bond donors (Lipinski definition) is 2. The van der Waals surface area contributed by atoms with Crippen molar-refractivity contribution in [3.05, 3.63) is 39.8 Å². The third kappa shape index (κ3) is 3.76. The van der Waals surface area contributed by atoms with Gasteiger partial charge in [-0.05, 0) is 38.0 Å². The number of amides is 1. The number of hydrogen-bond acceptors (Lipinski definition) is 5. The Morgan fingerprint density at radius 2 is 2.29 bits per heavy atom. The second kappa shape index (κ2) is 7.32. The van der Waals surface area contributed by atoms with E-state index in [2.05, 4.69) is 27.9 Å². The van der Waals surface area contributed by atoms with Crippen LogP contribution < -0.4 is 15.4 Å². The zero-order chi connectivity index (χ0) is 17.1. The van der Waals surface area contributed by atoms with Crippen molar-refractivity contribution < 1.29 is 9.53 Å². The van der Waals surface area contributed by atoms with Gasteiger partial charge in [-0.1, -0.05) is 13.0 Å². The lowest BCUT2D eigenvalue weighted by atomic mass is 10.1. The third-order valence-electron chi connectivity index (χ3n) is 4.19. The molecule has 3 rings (SSSR count). The van der Waals surface area contributed by atoms with Crippen LogP contribution >= 0.6 is 11.3 Å². The van der Waals surface area contributed by atoms with Crippen LogP contribution in [-0.2, 0) is 11.2 Å². The highest BCUT2D eigenvalue weighted by atomic mass is 32.1. The fourth-order valence-electron chi connectivity index (χ4n) is 2.76. The molecule has 0 bridgehead atoms. The van der Waals surface area contributed by atoms with Crippen molar-refractivity contribution in [1.82, 2.24) is 10.3 Å². The first-order valence-electron chi connectivity index (χ1n) is 8.32. The molecule has 1 aliphatic heterocycles. The highest BCUT2D eigenvalue weighted by molar-refractivity contribution is 7.09. The number of rotatable bonds is 6. The maximum absolute atomic E-state index is 11.8. The van der Waals surface area contributed by atoms with Gasteiger partial charge in [-0.25, -0.2) is 4.98 Å². The van der Waals surface area contributed by atoms with Crippen LogP contribution in [0.5, 0.6) is 5.75 Å². The van der Waals surface area contributed by atoms with Crippen LogP contribution in [0.2, 0.25) is 0 Å². The summed E-state index contributed by atoms with van der Waals surface area (Å²) in [5.74, 6) is 0.685. The molecule has 0 radical (unpaired) electrons. The first-order chi connectivity index (χ1) is 11.6. The van der Waals surface area contributed by atoms with Gasteiger partial charge in [0.15, 0.2) is 6.10 Å². The van der Waals surface area contributed by atoms with Gasteiger partial charge in [0.05, 0.1) is 16.4 Å². The minimum Gasteiger partial charge on any atom is -0.478 e. The molecule has 0 fully saturated rings. The van der Waals surface area contributed by atoms with E-state index in [1.807, 2.05) is 32.0 Å². The lowest BCUT2D eigenvalue weighted by molar-refractivity contribution is -0.123. The molecule has 5 nitrogen and oxygen atoms in total. The van der Waals surface area contributed by atoms with Crippen molar-refractivity contribution in [2.45, 2.75) is 45.8 Å². The second-order valence-corrected chi connectivity index (χ2v) is 7.11. The van der Waals surface area contributed by atoms with Crippen molar-refractivity contribution >= 4 is 22.9 Å². The highest BCUT2D eigenvalue weighted by Crippen LogP contribution is 2.32. The molecule has 0 aliphatic carbocycles. The van der Waals surface area contributed by atoms with E-state index in [1.54, 1.807) is 11.3 Å². The summed E-state index contributed by atoms with van der Waals surface area (Å²) in [5, 5.41) is 9.64. The van der Waals surface area contributed by atoms with E-state index in [4.69, 9.17) is 4.74 Å². The summed E-state index contributed by atoms with van der Waals surface area (Å²) < 4.78 is 5.81. The summed E-state index contributed by atoms with van der Waals surface area (Å²) in [6, 6.07) is 6.16. The third-order valence-corrected chi connectivity index (χ3v) is 5.02. The number of aryl methyl sites for hydroxylation is 1. The number of nitrogens with one attached hydrogen (secondary N) is 2. The average molecular weight is 345 g/mol. The number of aromatic nitrogens is 1. The van der Waals surface area contributed by atoms with Crippen LogP contribution in [0.25, 0.3) is 0 Å². The second-order valence-electron chi connectivity index (χ2n) is 6.04. The van der Waals surface area contributed by atoms with E-state index in [1.165, 1.54) is 0 Å². The fourth-order valence-corrected chi connectivity index (χ4v) is 3.40. The van der Waals surface area contributed by atoms with Gasteiger partial charge in [0.25, 0.3) is 5.91 Å². The summed E-state index contributed by atoms with van der Waals surface area (Å²) >= 11 is 1.69. The van der Waals surface area contributed by atoms with Crippen LogP contribution in [0, 0.1) is 6.92 Å². The Balaban J connectivity index is 1.61. The molecule has 0 unspecified atom stereocenters. The van der Waals surface area contributed by atoms with Crippen molar-refractivity contribution in [3.63, 3.8) is 0 Å². The number of anilines is 1. The van der Waals surface area contributed by atoms with Gasteiger partial charge in [0.1, 0.15) is 5.75 Å². The molecule has 1 aromatic carbocycles. The molecule has 0 saturated heterocycles. The molecule has 2 atom stereocenters. The number of thiazole rings is 1. The number of carbonyl (C=O) groups is 1. The van der Waals surface area contributed by atoms with Crippen molar-refractivity contribution in [3.8, 4) is 5.75 Å². The minimum absolute atomic E-state index is 0.0671. The lowest BCUT2D eigenvalue weighted by Gasteiger charge is -2.26. The Bertz CT molecular complexity index is 729. The van der Waals surface area contributed by atoms with Gasteiger partial charge in [0.2, 0.25) is 0 Å². The van der Waals surface area contributed by atoms with E-state index >= 15 is 0 Å². The number of carbonyl (C=O) groups excluding carboxylic acids is 1. The van der Waals surface area contributed by atoms with Crippen molar-refractivity contribution in [2.75, 3.05) is 11.9 Å². The summed E-state index contributed by atoms with van der Waals surface area (Å²) in [5.41, 5.74) is 3.03. The Labute approximate surface area is 146 Å². The first kappa shape index (κ1) is 16.9. The number of nitrogens with zero attached hydrogens (tertiary/aromatic N) is 1. The van der Waals surface area contributed by atoms with E-state index in [-0.39, 0.29) is 11.9 Å². The predicted molar refractivity (Wildman–Crippen MR) is 96.8 cm³/mol. The summed E-state index contributed by atoms with van der Waals surface area (Å²) in [6.07, 6.45) is 1.18. The van der Waals surface area contributed by atoms with Crippen LogP contribution in [0.1, 0.15) is 42.6 Å². The molecule has 0 saturated carbocycles. The van der Waals surface area contributed by atoms with E-state index < -0.39 is 6.10 Å². The minimum atomic E-state index is -0.399. The van der Waals surface area contributed by atoms with Gasteiger partial charge in [0, 0.05) is 24.4 Å². The van der Waals surface area contributed by atoms with Crippen LogP contribution in [0.15, 0.2) is 23.6 Å². The molecule has 6 heteroatoms. The van der Waals surface area contributed by atoms with E-state index in [0.29, 0.717) is 6.42 Å². The predicted octanol–water partition coefficient (Wildman–Crippen LogP) is 3.45. The van der Waals surface area contributed by atoms with Crippen molar-refractivity contribution in [2.24, 2.45) is 0 Å². The molecule has 2 aromatic rings. The maximum atomic E-state index is 11.8. The molecule has 128 valence electrons. The van der Waals surface area contributed by atoms with E-state index in [0.717, 1.165) is 40.7 Å². The Morgan fingerprint density at radius 1 is 1.46 bits per heavy atom. The largest absolute Gasteiger partial charge is 0.478 e. The Hall–Kier alpha value is -1.92. The number of benzene rings is 1. The zero-order valence-electron chi connectivity index (χ0n) is 14.3. The van der Waals surface area contributed by atoms with Gasteiger partial charge < -0.3 is 15.4 Å². The molecule has 1 aliphatic rings. The molecular formula is C18H23N3O2S. The lowest BCUT2D eigenvalue weighted by Crippen LogP contribution is -2.36. The van der Waals surface area contributed by atoms with Gasteiger partial charge in [-0.3, -0.25) is 4.79 Å². The monoisotopic (exact) mass is 345 g/mol. The van der Waals surface area contributed by atoms with Crippen molar-refractivity contribution in [1.29, 1.82) is 0 Å². The first-order valence-corrected chi connectivity index (χ1v) is 9.20. The van der Waals surface area contributed by atoms with Gasteiger partial charge in [-0.15, -0.1) is 11.3 Å². The molecule has 0 spiro atoms. The molecular weight excluding hydrogens is 322 g/mol. The van der Waals surface area contributed by atoms with Crippen LogP contribution in [0.3, 0.4) is 0 Å². The SMILES string of the molecule is CC[C@H]1Oc2cc([C@@H](C)NCCc3csc(C)n3)ccc2NC1=O. The van der Waals surface area contributed by atoms with Crippen LogP contribution in [-0.4, -0.2) is 23.5 Å². The highest BCUT2D eigenvalue weighted by Gasteiger charge is 2.26. The molecule has 2 heterocycles. The molecule has 1 aromatic heterocycles.